The van der Waals surface area contributed by atoms with Crippen LogP contribution in [0, 0.1) is 5.82 Å². The fraction of sp³-hybridized carbons (Fsp3) is 0.222. The van der Waals surface area contributed by atoms with Crippen molar-refractivity contribution in [3.05, 3.63) is 95.9 Å². The number of methoxy groups -OCH3 is 1. The van der Waals surface area contributed by atoms with E-state index in [0.29, 0.717) is 24.5 Å². The summed E-state index contributed by atoms with van der Waals surface area (Å²) >= 11 is 0. The summed E-state index contributed by atoms with van der Waals surface area (Å²) in [7, 11) is 1.69. The molecule has 168 valence electrons. The molecule has 5 nitrogen and oxygen atoms in total. The summed E-state index contributed by atoms with van der Waals surface area (Å²) in [4.78, 5) is 2.35. The zero-order valence-corrected chi connectivity index (χ0v) is 18.5. The standard InChI is InChI=1S/C27H26FN3O2/c1-32-25-17-20(19-7-3-2-4-8-19)11-12-22(25)27(31-13-15-33-16-14-31)23-18-29-30-26(23)21-9-5-6-10-24(21)28/h2-12,17-18,27H,13-16H2,1H3,(H,29,30). The normalized spacial score (nSPS) is 15.3. The average molecular weight is 444 g/mol. The quantitative estimate of drug-likeness (QED) is 0.439. The Hall–Kier alpha value is -3.48. The first-order valence-electron chi connectivity index (χ1n) is 11.1. The lowest BCUT2D eigenvalue weighted by Gasteiger charge is -2.35. The maximum absolute atomic E-state index is 14.7. The minimum atomic E-state index is -0.282. The van der Waals surface area contributed by atoms with Crippen LogP contribution in [0.3, 0.4) is 0 Å². The molecular formula is C27H26FN3O2. The van der Waals surface area contributed by atoms with E-state index in [4.69, 9.17) is 9.47 Å². The van der Waals surface area contributed by atoms with Crippen LogP contribution in [0.25, 0.3) is 22.4 Å². The van der Waals surface area contributed by atoms with Gasteiger partial charge in [-0.15, -0.1) is 0 Å². The molecule has 0 radical (unpaired) electrons. The number of nitrogens with zero attached hydrogens (tertiary/aromatic N) is 2. The number of nitrogens with one attached hydrogen (secondary N) is 1. The van der Waals surface area contributed by atoms with Crippen molar-refractivity contribution in [1.29, 1.82) is 0 Å². The van der Waals surface area contributed by atoms with E-state index >= 15 is 0 Å². The van der Waals surface area contributed by atoms with E-state index < -0.39 is 0 Å². The van der Waals surface area contributed by atoms with Crippen molar-refractivity contribution in [2.24, 2.45) is 0 Å². The van der Waals surface area contributed by atoms with E-state index in [1.165, 1.54) is 6.07 Å². The molecule has 0 spiro atoms. The summed E-state index contributed by atoms with van der Waals surface area (Å²) in [5, 5.41) is 7.35. The van der Waals surface area contributed by atoms with Crippen LogP contribution in [0.2, 0.25) is 0 Å². The number of H-pyrrole nitrogens is 1. The summed E-state index contributed by atoms with van der Waals surface area (Å²) in [6.45, 7) is 2.81. The minimum absolute atomic E-state index is 0.165. The van der Waals surface area contributed by atoms with E-state index in [-0.39, 0.29) is 11.9 Å². The topological polar surface area (TPSA) is 50.4 Å². The van der Waals surface area contributed by atoms with Gasteiger partial charge in [-0.05, 0) is 29.3 Å². The van der Waals surface area contributed by atoms with Crippen LogP contribution < -0.4 is 4.74 Å². The van der Waals surface area contributed by atoms with Gasteiger partial charge in [0.2, 0.25) is 0 Å². The zero-order chi connectivity index (χ0) is 22.6. The van der Waals surface area contributed by atoms with E-state index in [9.17, 15) is 4.39 Å². The van der Waals surface area contributed by atoms with Crippen LogP contribution in [0.4, 0.5) is 4.39 Å². The predicted molar refractivity (Wildman–Crippen MR) is 127 cm³/mol. The molecule has 0 bridgehead atoms. The second-order valence-corrected chi connectivity index (χ2v) is 8.05. The number of hydrogen-bond acceptors (Lipinski definition) is 4. The van der Waals surface area contributed by atoms with Gasteiger partial charge in [-0.1, -0.05) is 54.6 Å². The Balaban J connectivity index is 1.64. The average Bonchev–Trinajstić information content (AvgIpc) is 3.35. The summed E-state index contributed by atoms with van der Waals surface area (Å²) in [5.41, 5.74) is 5.31. The molecule has 1 saturated heterocycles. The van der Waals surface area contributed by atoms with E-state index in [1.807, 2.05) is 24.3 Å². The molecule has 3 aromatic carbocycles. The van der Waals surface area contributed by atoms with Crippen molar-refractivity contribution < 1.29 is 13.9 Å². The summed E-state index contributed by atoms with van der Waals surface area (Å²) < 4.78 is 26.2. The molecule has 0 saturated carbocycles. The van der Waals surface area contributed by atoms with Crippen molar-refractivity contribution in [1.82, 2.24) is 15.1 Å². The Morgan fingerprint density at radius 2 is 1.70 bits per heavy atom. The van der Waals surface area contributed by atoms with Gasteiger partial charge >= 0.3 is 0 Å². The number of halogens is 1. The highest BCUT2D eigenvalue weighted by Crippen LogP contribution is 2.41. The molecule has 1 fully saturated rings. The molecule has 1 aliphatic heterocycles. The van der Waals surface area contributed by atoms with Gasteiger partial charge in [0.05, 0.1) is 38.3 Å². The Morgan fingerprint density at radius 3 is 2.45 bits per heavy atom. The molecule has 0 amide bonds. The number of benzene rings is 3. The highest BCUT2D eigenvalue weighted by Gasteiger charge is 2.31. The van der Waals surface area contributed by atoms with Crippen molar-refractivity contribution in [3.63, 3.8) is 0 Å². The highest BCUT2D eigenvalue weighted by molar-refractivity contribution is 5.69. The molecular weight excluding hydrogens is 417 g/mol. The molecule has 1 N–H and O–H groups in total. The molecule has 1 aliphatic rings. The lowest BCUT2D eigenvalue weighted by molar-refractivity contribution is 0.0236. The smallest absolute Gasteiger partial charge is 0.132 e. The van der Waals surface area contributed by atoms with Crippen LogP contribution >= 0.6 is 0 Å². The van der Waals surface area contributed by atoms with Gasteiger partial charge in [0, 0.05) is 29.8 Å². The second kappa shape index (κ2) is 9.57. The number of hydrogen-bond donors (Lipinski definition) is 1. The monoisotopic (exact) mass is 443 g/mol. The summed E-state index contributed by atoms with van der Waals surface area (Å²) in [5.74, 6) is 0.503. The van der Waals surface area contributed by atoms with E-state index in [2.05, 4.69) is 45.4 Å². The first kappa shape index (κ1) is 21.4. The van der Waals surface area contributed by atoms with Crippen molar-refractivity contribution >= 4 is 0 Å². The first-order valence-corrected chi connectivity index (χ1v) is 11.1. The number of rotatable bonds is 6. The molecule has 2 heterocycles. The largest absolute Gasteiger partial charge is 0.496 e. The van der Waals surface area contributed by atoms with Gasteiger partial charge in [-0.3, -0.25) is 10.00 Å². The van der Waals surface area contributed by atoms with Crippen LogP contribution in [0.5, 0.6) is 5.75 Å². The number of ether oxygens (including phenoxy) is 2. The lowest BCUT2D eigenvalue weighted by Crippen LogP contribution is -2.39. The predicted octanol–water partition coefficient (Wildman–Crippen LogP) is 5.31. The number of aromatic nitrogens is 2. The lowest BCUT2D eigenvalue weighted by atomic mass is 9.92. The number of morpholine rings is 1. The fourth-order valence-electron chi connectivity index (χ4n) is 4.53. The molecule has 1 aromatic heterocycles. The molecule has 6 heteroatoms. The van der Waals surface area contributed by atoms with Crippen molar-refractivity contribution in [2.45, 2.75) is 6.04 Å². The fourth-order valence-corrected chi connectivity index (χ4v) is 4.53. The van der Waals surface area contributed by atoms with Crippen LogP contribution in [-0.4, -0.2) is 48.5 Å². The summed E-state index contributed by atoms with van der Waals surface area (Å²) in [6, 6.07) is 23.1. The van der Waals surface area contributed by atoms with Crippen LogP contribution in [-0.2, 0) is 4.74 Å². The minimum Gasteiger partial charge on any atom is -0.496 e. The summed E-state index contributed by atoms with van der Waals surface area (Å²) in [6.07, 6.45) is 1.80. The van der Waals surface area contributed by atoms with Crippen molar-refractivity contribution in [2.75, 3.05) is 33.4 Å². The SMILES string of the molecule is COc1cc(-c2ccccc2)ccc1C(c1cn[nH]c1-c1ccccc1F)N1CCOCC1. The van der Waals surface area contributed by atoms with E-state index in [0.717, 1.165) is 41.1 Å². The van der Waals surface area contributed by atoms with Gasteiger partial charge in [-0.2, -0.15) is 5.10 Å². The Bertz CT molecular complexity index is 1220. The van der Waals surface area contributed by atoms with Gasteiger partial charge in [0.15, 0.2) is 0 Å². The number of aromatic amines is 1. The van der Waals surface area contributed by atoms with Crippen LogP contribution in [0.15, 0.2) is 79.0 Å². The maximum Gasteiger partial charge on any atom is 0.132 e. The van der Waals surface area contributed by atoms with Gasteiger partial charge in [0.25, 0.3) is 0 Å². The Kier molecular flexibility index (Phi) is 6.19. The Labute approximate surface area is 192 Å². The third kappa shape index (κ3) is 4.27. The molecule has 4 aromatic rings. The molecule has 1 unspecified atom stereocenters. The van der Waals surface area contributed by atoms with Gasteiger partial charge in [0.1, 0.15) is 11.6 Å². The third-order valence-electron chi connectivity index (χ3n) is 6.15. The van der Waals surface area contributed by atoms with E-state index in [1.54, 1.807) is 25.4 Å². The second-order valence-electron chi connectivity index (χ2n) is 8.05. The highest BCUT2D eigenvalue weighted by atomic mass is 19.1. The maximum atomic E-state index is 14.7. The molecule has 0 aliphatic carbocycles. The Morgan fingerprint density at radius 1 is 0.939 bits per heavy atom. The zero-order valence-electron chi connectivity index (χ0n) is 18.5. The van der Waals surface area contributed by atoms with Crippen LogP contribution in [0.1, 0.15) is 17.2 Å². The molecule has 33 heavy (non-hydrogen) atoms. The van der Waals surface area contributed by atoms with Gasteiger partial charge in [-0.25, -0.2) is 4.39 Å². The molecule has 5 rings (SSSR count). The van der Waals surface area contributed by atoms with Crippen molar-refractivity contribution in [3.8, 4) is 28.1 Å². The molecule has 1 atom stereocenters. The van der Waals surface area contributed by atoms with Gasteiger partial charge < -0.3 is 9.47 Å². The third-order valence-corrected chi connectivity index (χ3v) is 6.15. The first-order chi connectivity index (χ1) is 16.3.